The smallest absolute Gasteiger partial charge is 0.310 e. The topological polar surface area (TPSA) is 49.9 Å². The number of esters is 1. The molecule has 0 aromatic rings. The van der Waals surface area contributed by atoms with Crippen molar-refractivity contribution in [1.29, 1.82) is 0 Å². The molecule has 1 saturated heterocycles. The summed E-state index contributed by atoms with van der Waals surface area (Å²) >= 11 is 0. The minimum absolute atomic E-state index is 0.0123. The summed E-state index contributed by atoms with van der Waals surface area (Å²) in [5.74, 6) is 0.105. The van der Waals surface area contributed by atoms with Crippen molar-refractivity contribution < 1.29 is 14.3 Å². The minimum atomic E-state index is -0.0726. The molecule has 19 heavy (non-hydrogen) atoms. The first-order valence-corrected chi connectivity index (χ1v) is 7.13. The number of piperidine rings is 1. The van der Waals surface area contributed by atoms with Crippen LogP contribution in [0.1, 0.15) is 32.6 Å². The number of hydrogen-bond acceptors (Lipinski definition) is 4. The van der Waals surface area contributed by atoms with Crippen LogP contribution < -0.4 is 0 Å². The van der Waals surface area contributed by atoms with Gasteiger partial charge >= 0.3 is 5.97 Å². The van der Waals surface area contributed by atoms with Gasteiger partial charge in [-0.25, -0.2) is 0 Å². The van der Waals surface area contributed by atoms with Crippen molar-refractivity contribution in [1.82, 2.24) is 9.80 Å². The van der Waals surface area contributed by atoms with E-state index in [1.807, 2.05) is 6.92 Å². The number of ether oxygens (including phenoxy) is 1. The first kappa shape index (κ1) is 16.0. The van der Waals surface area contributed by atoms with Crippen LogP contribution in [0, 0.1) is 5.92 Å². The van der Waals surface area contributed by atoms with Crippen LogP contribution in [-0.2, 0) is 14.3 Å². The molecular weight excluding hydrogens is 244 g/mol. The van der Waals surface area contributed by atoms with E-state index in [9.17, 15) is 9.59 Å². The van der Waals surface area contributed by atoms with Gasteiger partial charge in [-0.3, -0.25) is 9.59 Å². The highest BCUT2D eigenvalue weighted by Crippen LogP contribution is 2.18. The fourth-order valence-electron chi connectivity index (χ4n) is 2.39. The predicted octanol–water partition coefficient (Wildman–Crippen LogP) is 1.13. The molecule has 1 fully saturated rings. The molecule has 1 amide bonds. The van der Waals surface area contributed by atoms with Gasteiger partial charge in [-0.05, 0) is 39.3 Å². The zero-order chi connectivity index (χ0) is 14.3. The average Bonchev–Trinajstić information content (AvgIpc) is 2.39. The molecule has 0 aromatic carbocycles. The van der Waals surface area contributed by atoms with Gasteiger partial charge in [-0.15, -0.1) is 0 Å². The number of carbonyl (C=O) groups excluding carboxylic acids is 2. The summed E-state index contributed by atoms with van der Waals surface area (Å²) in [5, 5.41) is 0. The predicted molar refractivity (Wildman–Crippen MR) is 73.7 cm³/mol. The number of rotatable bonds is 6. The molecule has 1 atom stereocenters. The van der Waals surface area contributed by atoms with E-state index in [0.717, 1.165) is 38.9 Å². The molecular formula is C14H26N2O3. The Kier molecular flexibility index (Phi) is 6.84. The Morgan fingerprint density at radius 2 is 2.11 bits per heavy atom. The Morgan fingerprint density at radius 3 is 2.74 bits per heavy atom. The lowest BCUT2D eigenvalue weighted by molar-refractivity contribution is -0.150. The third kappa shape index (κ3) is 5.59. The Morgan fingerprint density at radius 1 is 1.37 bits per heavy atom. The van der Waals surface area contributed by atoms with Crippen molar-refractivity contribution in [3.05, 3.63) is 0 Å². The molecule has 1 aliphatic rings. The fraction of sp³-hybridized carbons (Fsp3) is 0.857. The number of nitrogens with zero attached hydrogens (tertiary/aromatic N) is 2. The van der Waals surface area contributed by atoms with Crippen molar-refractivity contribution in [2.75, 3.05) is 40.3 Å². The number of likely N-dealkylation sites (tertiary alicyclic amines) is 1. The van der Waals surface area contributed by atoms with Gasteiger partial charge in [0.2, 0.25) is 5.91 Å². The van der Waals surface area contributed by atoms with E-state index in [4.69, 9.17) is 4.74 Å². The molecule has 1 rings (SSSR count). The summed E-state index contributed by atoms with van der Waals surface area (Å²) in [6.45, 7) is 4.97. The quantitative estimate of drug-likeness (QED) is 0.679. The molecule has 0 spiro atoms. The average molecular weight is 270 g/mol. The third-order valence-corrected chi connectivity index (χ3v) is 3.49. The number of carbonyl (C=O) groups is 2. The van der Waals surface area contributed by atoms with E-state index in [1.165, 1.54) is 0 Å². The molecule has 0 aromatic heterocycles. The second-order valence-electron chi connectivity index (χ2n) is 5.28. The molecule has 5 nitrogen and oxygen atoms in total. The molecule has 0 radical (unpaired) electrons. The van der Waals surface area contributed by atoms with Crippen molar-refractivity contribution in [3.8, 4) is 0 Å². The molecule has 1 heterocycles. The molecule has 1 aliphatic heterocycles. The zero-order valence-corrected chi connectivity index (χ0v) is 12.4. The summed E-state index contributed by atoms with van der Waals surface area (Å²) in [4.78, 5) is 27.1. The van der Waals surface area contributed by atoms with E-state index in [0.29, 0.717) is 13.0 Å². The molecule has 0 N–H and O–H groups in total. The zero-order valence-electron chi connectivity index (χ0n) is 12.4. The van der Waals surface area contributed by atoms with Crippen LogP contribution in [-0.4, -0.2) is 62.0 Å². The van der Waals surface area contributed by atoms with Crippen LogP contribution in [0.15, 0.2) is 0 Å². The maximum atomic E-state index is 11.7. The van der Waals surface area contributed by atoms with E-state index < -0.39 is 0 Å². The van der Waals surface area contributed by atoms with E-state index in [-0.39, 0.29) is 17.8 Å². The van der Waals surface area contributed by atoms with Gasteiger partial charge in [0, 0.05) is 27.1 Å². The molecule has 0 saturated carbocycles. The van der Waals surface area contributed by atoms with Crippen molar-refractivity contribution in [2.45, 2.75) is 32.6 Å². The summed E-state index contributed by atoms with van der Waals surface area (Å²) in [6, 6.07) is 0. The third-order valence-electron chi connectivity index (χ3n) is 3.49. The maximum absolute atomic E-state index is 11.7. The van der Waals surface area contributed by atoms with Crippen LogP contribution in [0.2, 0.25) is 0 Å². The van der Waals surface area contributed by atoms with Crippen LogP contribution >= 0.6 is 0 Å². The van der Waals surface area contributed by atoms with Crippen LogP contribution in [0.3, 0.4) is 0 Å². The van der Waals surface area contributed by atoms with Crippen LogP contribution in [0.4, 0.5) is 0 Å². The monoisotopic (exact) mass is 270 g/mol. The highest BCUT2D eigenvalue weighted by molar-refractivity contribution is 5.75. The van der Waals surface area contributed by atoms with Crippen molar-refractivity contribution in [2.24, 2.45) is 5.92 Å². The Labute approximate surface area is 115 Å². The van der Waals surface area contributed by atoms with Crippen LogP contribution in [0.5, 0.6) is 0 Å². The van der Waals surface area contributed by atoms with Gasteiger partial charge in [0.15, 0.2) is 0 Å². The number of hydrogen-bond donors (Lipinski definition) is 0. The Hall–Kier alpha value is -1.10. The molecule has 0 bridgehead atoms. The standard InChI is InChI=1S/C14H26N2O3/c1-4-19-14(18)12-7-5-9-16(11-12)10-6-8-13(17)15(2)3/h12H,4-11H2,1-3H3. The SMILES string of the molecule is CCOC(=O)C1CCCN(CCCC(=O)N(C)C)C1. The van der Waals surface area contributed by atoms with Gasteiger partial charge < -0.3 is 14.5 Å². The van der Waals surface area contributed by atoms with Gasteiger partial charge in [-0.2, -0.15) is 0 Å². The molecule has 0 aliphatic carbocycles. The minimum Gasteiger partial charge on any atom is -0.466 e. The molecule has 5 heteroatoms. The summed E-state index contributed by atoms with van der Waals surface area (Å²) in [5.41, 5.74) is 0. The highest BCUT2D eigenvalue weighted by Gasteiger charge is 2.26. The maximum Gasteiger partial charge on any atom is 0.310 e. The van der Waals surface area contributed by atoms with E-state index in [2.05, 4.69) is 4.90 Å². The second kappa shape index (κ2) is 8.15. The van der Waals surface area contributed by atoms with Gasteiger partial charge in [0.05, 0.1) is 12.5 Å². The lowest BCUT2D eigenvalue weighted by Gasteiger charge is -2.31. The lowest BCUT2D eigenvalue weighted by atomic mass is 9.98. The van der Waals surface area contributed by atoms with E-state index >= 15 is 0 Å². The first-order valence-electron chi connectivity index (χ1n) is 7.13. The highest BCUT2D eigenvalue weighted by atomic mass is 16.5. The van der Waals surface area contributed by atoms with Gasteiger partial charge in [-0.1, -0.05) is 0 Å². The fourth-order valence-corrected chi connectivity index (χ4v) is 2.39. The summed E-state index contributed by atoms with van der Waals surface area (Å²) in [6.07, 6.45) is 3.39. The lowest BCUT2D eigenvalue weighted by Crippen LogP contribution is -2.40. The van der Waals surface area contributed by atoms with Gasteiger partial charge in [0.1, 0.15) is 0 Å². The Balaban J connectivity index is 2.27. The summed E-state index contributed by atoms with van der Waals surface area (Å²) < 4.78 is 5.08. The van der Waals surface area contributed by atoms with E-state index in [1.54, 1.807) is 19.0 Å². The largest absolute Gasteiger partial charge is 0.466 e. The van der Waals surface area contributed by atoms with Crippen molar-refractivity contribution in [3.63, 3.8) is 0 Å². The number of amides is 1. The molecule has 1 unspecified atom stereocenters. The van der Waals surface area contributed by atoms with Crippen molar-refractivity contribution >= 4 is 11.9 Å². The summed E-state index contributed by atoms with van der Waals surface area (Å²) in [7, 11) is 3.56. The normalized spacial score (nSPS) is 20.1. The van der Waals surface area contributed by atoms with Crippen LogP contribution in [0.25, 0.3) is 0 Å². The second-order valence-corrected chi connectivity index (χ2v) is 5.28. The Bertz CT molecular complexity index is 305. The van der Waals surface area contributed by atoms with Gasteiger partial charge in [0.25, 0.3) is 0 Å². The first-order chi connectivity index (χ1) is 9.04. The molecule has 110 valence electrons.